The van der Waals surface area contributed by atoms with E-state index in [0.29, 0.717) is 12.3 Å². The number of para-hydroxylation sites is 1. The van der Waals surface area contributed by atoms with Crippen LogP contribution in [0.25, 0.3) is 0 Å². The molecular formula is C15H21NO. The number of aryl methyl sites for hydroxylation is 1. The van der Waals surface area contributed by atoms with Crippen LogP contribution in [0.5, 0.6) is 0 Å². The van der Waals surface area contributed by atoms with Crippen LogP contribution in [-0.4, -0.2) is 12.5 Å². The minimum absolute atomic E-state index is 0.283. The lowest BCUT2D eigenvalue weighted by atomic mass is 10.0. The van der Waals surface area contributed by atoms with E-state index in [1.54, 1.807) is 0 Å². The summed E-state index contributed by atoms with van der Waals surface area (Å²) in [5, 5.41) is 0. The van der Waals surface area contributed by atoms with E-state index in [9.17, 15) is 4.79 Å². The molecule has 1 aromatic rings. The van der Waals surface area contributed by atoms with E-state index >= 15 is 0 Å². The summed E-state index contributed by atoms with van der Waals surface area (Å²) in [6.45, 7) is 5.21. The third kappa shape index (κ3) is 2.87. The molecule has 0 bridgehead atoms. The second kappa shape index (κ2) is 5.35. The molecule has 0 aliphatic carbocycles. The molecule has 1 aliphatic heterocycles. The van der Waals surface area contributed by atoms with Crippen LogP contribution in [-0.2, 0) is 11.2 Å². The molecule has 1 heterocycles. The van der Waals surface area contributed by atoms with Gasteiger partial charge in [0.25, 0.3) is 0 Å². The van der Waals surface area contributed by atoms with Gasteiger partial charge in [-0.25, -0.2) is 0 Å². The van der Waals surface area contributed by atoms with Crippen molar-refractivity contribution in [1.82, 2.24) is 0 Å². The molecule has 0 saturated carbocycles. The molecule has 0 aromatic heterocycles. The first kappa shape index (κ1) is 12.2. The Kier molecular flexibility index (Phi) is 3.82. The molecule has 0 radical (unpaired) electrons. The second-order valence-electron chi connectivity index (χ2n) is 5.21. The van der Waals surface area contributed by atoms with Crippen LogP contribution in [0, 0.1) is 5.92 Å². The van der Waals surface area contributed by atoms with Gasteiger partial charge in [-0.1, -0.05) is 32.0 Å². The fourth-order valence-electron chi connectivity index (χ4n) is 2.34. The zero-order valence-electron chi connectivity index (χ0n) is 10.8. The molecule has 92 valence electrons. The third-order valence-corrected chi connectivity index (χ3v) is 3.35. The highest BCUT2D eigenvalue weighted by Crippen LogP contribution is 2.27. The molecule has 0 spiro atoms. The number of fused-ring (bicyclic) bond motifs is 1. The standard InChI is InChI=1S/C15H21NO/c1-12(2)9-10-15(17)16-11-5-7-13-6-3-4-8-14(13)16/h3-4,6,8,12H,5,7,9-11H2,1-2H3. The molecule has 2 heteroatoms. The Morgan fingerprint density at radius 1 is 1.35 bits per heavy atom. The van der Waals surface area contributed by atoms with Crippen molar-refractivity contribution in [2.75, 3.05) is 11.4 Å². The Labute approximate surface area is 104 Å². The fraction of sp³-hybridized carbons (Fsp3) is 0.533. The zero-order valence-corrected chi connectivity index (χ0v) is 10.8. The van der Waals surface area contributed by atoms with Crippen molar-refractivity contribution in [3.8, 4) is 0 Å². The molecule has 1 aliphatic rings. The molecule has 0 N–H and O–H groups in total. The molecule has 0 saturated heterocycles. The third-order valence-electron chi connectivity index (χ3n) is 3.35. The van der Waals surface area contributed by atoms with E-state index in [4.69, 9.17) is 0 Å². The van der Waals surface area contributed by atoms with Gasteiger partial charge in [0.1, 0.15) is 0 Å². The lowest BCUT2D eigenvalue weighted by molar-refractivity contribution is -0.118. The lowest BCUT2D eigenvalue weighted by Gasteiger charge is -2.29. The van der Waals surface area contributed by atoms with Gasteiger partial charge < -0.3 is 4.90 Å². The van der Waals surface area contributed by atoms with Gasteiger partial charge in [0.2, 0.25) is 5.91 Å². The normalized spacial score (nSPS) is 14.9. The van der Waals surface area contributed by atoms with Crippen molar-refractivity contribution in [2.45, 2.75) is 39.5 Å². The molecule has 17 heavy (non-hydrogen) atoms. The summed E-state index contributed by atoms with van der Waals surface area (Å²) in [4.78, 5) is 14.2. The number of hydrogen-bond acceptors (Lipinski definition) is 1. The van der Waals surface area contributed by atoms with Gasteiger partial charge in [0.05, 0.1) is 0 Å². The van der Waals surface area contributed by atoms with Gasteiger partial charge >= 0.3 is 0 Å². The van der Waals surface area contributed by atoms with Gasteiger partial charge in [-0.2, -0.15) is 0 Å². The minimum atomic E-state index is 0.283. The summed E-state index contributed by atoms with van der Waals surface area (Å²) in [6.07, 6.45) is 3.85. The van der Waals surface area contributed by atoms with Crippen molar-refractivity contribution in [1.29, 1.82) is 0 Å². The smallest absolute Gasteiger partial charge is 0.226 e. The van der Waals surface area contributed by atoms with Gasteiger partial charge in [0.15, 0.2) is 0 Å². The number of hydrogen-bond donors (Lipinski definition) is 0. The van der Waals surface area contributed by atoms with Gasteiger partial charge in [0, 0.05) is 18.7 Å². The number of carbonyl (C=O) groups excluding carboxylic acids is 1. The summed E-state index contributed by atoms with van der Waals surface area (Å²) in [5.41, 5.74) is 2.45. The van der Waals surface area contributed by atoms with Gasteiger partial charge in [-0.15, -0.1) is 0 Å². The fourth-order valence-corrected chi connectivity index (χ4v) is 2.34. The van der Waals surface area contributed by atoms with Crippen LogP contribution in [0.3, 0.4) is 0 Å². The molecular weight excluding hydrogens is 210 g/mol. The zero-order chi connectivity index (χ0) is 12.3. The van der Waals surface area contributed by atoms with Crippen LogP contribution in [0.2, 0.25) is 0 Å². The number of carbonyl (C=O) groups is 1. The van der Waals surface area contributed by atoms with Crippen LogP contribution in [0.4, 0.5) is 5.69 Å². The largest absolute Gasteiger partial charge is 0.312 e. The van der Waals surface area contributed by atoms with Crippen molar-refractivity contribution in [3.05, 3.63) is 29.8 Å². The lowest BCUT2D eigenvalue weighted by Crippen LogP contribution is -2.35. The average Bonchev–Trinajstić information content (AvgIpc) is 2.35. The Bertz CT molecular complexity index is 398. The summed E-state index contributed by atoms with van der Waals surface area (Å²) >= 11 is 0. The molecule has 1 amide bonds. The maximum Gasteiger partial charge on any atom is 0.226 e. The van der Waals surface area contributed by atoms with E-state index in [-0.39, 0.29) is 5.91 Å². The Hall–Kier alpha value is -1.31. The molecule has 1 aromatic carbocycles. The number of nitrogens with zero attached hydrogens (tertiary/aromatic N) is 1. The molecule has 2 rings (SSSR count). The Morgan fingerprint density at radius 3 is 2.88 bits per heavy atom. The number of rotatable bonds is 3. The van der Waals surface area contributed by atoms with E-state index < -0.39 is 0 Å². The monoisotopic (exact) mass is 231 g/mol. The molecule has 0 atom stereocenters. The first-order chi connectivity index (χ1) is 8.18. The predicted molar refractivity (Wildman–Crippen MR) is 71.2 cm³/mol. The van der Waals surface area contributed by atoms with E-state index in [1.165, 1.54) is 5.56 Å². The average molecular weight is 231 g/mol. The van der Waals surface area contributed by atoms with Crippen molar-refractivity contribution < 1.29 is 4.79 Å². The highest BCUT2D eigenvalue weighted by Gasteiger charge is 2.21. The maximum atomic E-state index is 12.2. The summed E-state index contributed by atoms with van der Waals surface area (Å²) in [6, 6.07) is 8.28. The highest BCUT2D eigenvalue weighted by atomic mass is 16.2. The topological polar surface area (TPSA) is 20.3 Å². The highest BCUT2D eigenvalue weighted by molar-refractivity contribution is 5.94. The molecule has 0 fully saturated rings. The predicted octanol–water partition coefficient (Wildman–Crippen LogP) is 3.40. The van der Waals surface area contributed by atoms with Crippen LogP contribution in [0.15, 0.2) is 24.3 Å². The Morgan fingerprint density at radius 2 is 2.12 bits per heavy atom. The second-order valence-corrected chi connectivity index (χ2v) is 5.21. The maximum absolute atomic E-state index is 12.2. The quantitative estimate of drug-likeness (QED) is 0.780. The van der Waals surface area contributed by atoms with Crippen molar-refractivity contribution in [2.24, 2.45) is 5.92 Å². The Balaban J connectivity index is 2.10. The first-order valence-electron chi connectivity index (χ1n) is 6.56. The van der Waals surface area contributed by atoms with Crippen molar-refractivity contribution >= 4 is 11.6 Å². The number of anilines is 1. The molecule has 2 nitrogen and oxygen atoms in total. The van der Waals surface area contributed by atoms with E-state index in [0.717, 1.165) is 31.5 Å². The first-order valence-corrected chi connectivity index (χ1v) is 6.56. The number of amides is 1. The van der Waals surface area contributed by atoms with Crippen LogP contribution < -0.4 is 4.90 Å². The number of benzene rings is 1. The van der Waals surface area contributed by atoms with Crippen molar-refractivity contribution in [3.63, 3.8) is 0 Å². The van der Waals surface area contributed by atoms with Crippen LogP contribution >= 0.6 is 0 Å². The van der Waals surface area contributed by atoms with E-state index in [2.05, 4.69) is 32.0 Å². The van der Waals surface area contributed by atoms with Crippen LogP contribution in [0.1, 0.15) is 38.7 Å². The minimum Gasteiger partial charge on any atom is -0.312 e. The SMILES string of the molecule is CC(C)CCC(=O)N1CCCc2ccccc21. The molecule has 0 unspecified atom stereocenters. The summed E-state index contributed by atoms with van der Waals surface area (Å²) in [7, 11) is 0. The summed E-state index contributed by atoms with van der Waals surface area (Å²) in [5.74, 6) is 0.879. The van der Waals surface area contributed by atoms with Gasteiger partial charge in [-0.05, 0) is 36.8 Å². The van der Waals surface area contributed by atoms with Gasteiger partial charge in [-0.3, -0.25) is 4.79 Å². The van der Waals surface area contributed by atoms with E-state index in [1.807, 2.05) is 11.0 Å². The summed E-state index contributed by atoms with van der Waals surface area (Å²) < 4.78 is 0.